The number of rotatable bonds is 8. The van der Waals surface area contributed by atoms with E-state index in [1.807, 2.05) is 41.0 Å². The molecular formula is C25H34N2O3. The van der Waals surface area contributed by atoms with Crippen LogP contribution in [0.3, 0.4) is 0 Å². The third-order valence-corrected chi connectivity index (χ3v) is 5.32. The fraction of sp³-hybridized carbons (Fsp3) is 0.480. The molecule has 30 heavy (non-hydrogen) atoms. The number of aromatic nitrogens is 2. The molecule has 1 heterocycles. The van der Waals surface area contributed by atoms with E-state index in [-0.39, 0.29) is 24.0 Å². The average Bonchev–Trinajstić information content (AvgIpc) is 3.02. The average molecular weight is 411 g/mol. The molecule has 0 radical (unpaired) electrons. The summed E-state index contributed by atoms with van der Waals surface area (Å²) in [4.78, 5) is 4.42. The van der Waals surface area contributed by atoms with E-state index < -0.39 is 6.10 Å². The Morgan fingerprint density at radius 3 is 2.30 bits per heavy atom. The highest BCUT2D eigenvalue weighted by molar-refractivity contribution is 5.75. The maximum Gasteiger partial charge on any atom is 0.135 e. The summed E-state index contributed by atoms with van der Waals surface area (Å²) < 4.78 is 7.67. The lowest BCUT2D eigenvalue weighted by Gasteiger charge is -2.33. The summed E-state index contributed by atoms with van der Waals surface area (Å²) in [5.41, 5.74) is 3.32. The second-order valence-corrected chi connectivity index (χ2v) is 9.90. The Morgan fingerprint density at radius 1 is 1.00 bits per heavy atom. The molecule has 0 saturated heterocycles. The largest absolute Gasteiger partial charge is 0.491 e. The number of nitrogens with zero attached hydrogens (tertiary/aromatic N) is 2. The van der Waals surface area contributed by atoms with E-state index in [1.165, 1.54) is 5.56 Å². The Balaban J connectivity index is 1.62. The molecule has 0 spiro atoms. The van der Waals surface area contributed by atoms with Crippen molar-refractivity contribution in [3.8, 4) is 5.75 Å². The van der Waals surface area contributed by atoms with Gasteiger partial charge in [0.05, 0.1) is 17.6 Å². The van der Waals surface area contributed by atoms with E-state index in [1.54, 1.807) is 0 Å². The van der Waals surface area contributed by atoms with Gasteiger partial charge in [0, 0.05) is 0 Å². The molecule has 0 bridgehead atoms. The minimum atomic E-state index is -0.718. The molecule has 0 fully saturated rings. The molecule has 5 nitrogen and oxygen atoms in total. The van der Waals surface area contributed by atoms with Gasteiger partial charge in [0.15, 0.2) is 0 Å². The third-order valence-electron chi connectivity index (χ3n) is 5.32. The van der Waals surface area contributed by atoms with E-state index in [0.29, 0.717) is 12.4 Å². The molecule has 0 aliphatic heterocycles. The third kappa shape index (κ3) is 5.41. The molecule has 0 aliphatic carbocycles. The lowest BCUT2D eigenvalue weighted by molar-refractivity contribution is 0.0914. The number of imidazole rings is 1. The van der Waals surface area contributed by atoms with E-state index in [2.05, 4.69) is 51.7 Å². The molecule has 1 unspecified atom stereocenters. The molecule has 2 aromatic carbocycles. The number of hydrogen-bond donors (Lipinski definition) is 2. The summed E-state index contributed by atoms with van der Waals surface area (Å²) >= 11 is 0. The van der Waals surface area contributed by atoms with Crippen LogP contribution >= 0.6 is 0 Å². The standard InChI is InChI=1S/C25H34N2O3/c1-24(2,3)17-25(4,5)18-10-12-20(13-11-18)30-16-19(29)14-27-22-9-7-6-8-21(22)26-23(27)15-28/h6-13,19,28-29H,14-17H2,1-5H3. The van der Waals surface area contributed by atoms with Gasteiger partial charge in [0.1, 0.15) is 30.9 Å². The fourth-order valence-electron chi connectivity index (χ4n) is 4.34. The molecular weight excluding hydrogens is 376 g/mol. The summed E-state index contributed by atoms with van der Waals surface area (Å²) in [6, 6.07) is 15.8. The topological polar surface area (TPSA) is 67.5 Å². The fourth-order valence-corrected chi connectivity index (χ4v) is 4.34. The summed E-state index contributed by atoms with van der Waals surface area (Å²) in [6.45, 7) is 11.6. The summed E-state index contributed by atoms with van der Waals surface area (Å²) in [6.07, 6.45) is 0.371. The number of para-hydroxylation sites is 2. The summed E-state index contributed by atoms with van der Waals surface area (Å²) in [5.74, 6) is 1.28. The van der Waals surface area contributed by atoms with Crippen LogP contribution in [0.4, 0.5) is 0 Å². The van der Waals surface area contributed by atoms with E-state index >= 15 is 0 Å². The maximum absolute atomic E-state index is 10.5. The zero-order chi connectivity index (χ0) is 21.9. The number of fused-ring (bicyclic) bond motifs is 1. The van der Waals surface area contributed by atoms with Gasteiger partial charge in [-0.2, -0.15) is 0 Å². The van der Waals surface area contributed by atoms with Crippen LogP contribution in [-0.4, -0.2) is 32.5 Å². The molecule has 162 valence electrons. The molecule has 3 aromatic rings. The first kappa shape index (κ1) is 22.3. The second kappa shape index (κ2) is 8.78. The van der Waals surface area contributed by atoms with E-state index in [4.69, 9.17) is 4.74 Å². The predicted molar refractivity (Wildman–Crippen MR) is 121 cm³/mol. The van der Waals surface area contributed by atoms with Crippen molar-refractivity contribution in [2.24, 2.45) is 5.41 Å². The Bertz CT molecular complexity index is 968. The van der Waals surface area contributed by atoms with Crippen molar-refractivity contribution in [1.29, 1.82) is 0 Å². The molecule has 2 N–H and O–H groups in total. The Morgan fingerprint density at radius 2 is 1.67 bits per heavy atom. The molecule has 1 aromatic heterocycles. The molecule has 1 atom stereocenters. The van der Waals surface area contributed by atoms with Crippen LogP contribution in [0, 0.1) is 5.41 Å². The zero-order valence-electron chi connectivity index (χ0n) is 18.7. The number of benzene rings is 2. The Labute approximate surface area is 179 Å². The van der Waals surface area contributed by atoms with Crippen molar-refractivity contribution in [3.63, 3.8) is 0 Å². The van der Waals surface area contributed by atoms with Gasteiger partial charge in [0.2, 0.25) is 0 Å². The van der Waals surface area contributed by atoms with Crippen LogP contribution in [0.1, 0.15) is 52.4 Å². The zero-order valence-corrected chi connectivity index (χ0v) is 18.7. The quantitative estimate of drug-likeness (QED) is 0.566. The van der Waals surface area contributed by atoms with E-state index in [0.717, 1.165) is 23.2 Å². The highest BCUT2D eigenvalue weighted by atomic mass is 16.5. The van der Waals surface area contributed by atoms with Crippen molar-refractivity contribution >= 4 is 11.0 Å². The van der Waals surface area contributed by atoms with Crippen LogP contribution < -0.4 is 4.74 Å². The van der Waals surface area contributed by atoms with Crippen molar-refractivity contribution in [2.75, 3.05) is 6.61 Å². The number of ether oxygens (including phenoxy) is 1. The molecule has 0 amide bonds. The van der Waals surface area contributed by atoms with Gasteiger partial charge in [-0.3, -0.25) is 0 Å². The molecule has 5 heteroatoms. The van der Waals surface area contributed by atoms with Crippen molar-refractivity contribution < 1.29 is 14.9 Å². The highest BCUT2D eigenvalue weighted by Crippen LogP contribution is 2.36. The summed E-state index contributed by atoms with van der Waals surface area (Å²) in [7, 11) is 0. The van der Waals surface area contributed by atoms with Gasteiger partial charge in [0.25, 0.3) is 0 Å². The van der Waals surface area contributed by atoms with Gasteiger partial charge in [-0.1, -0.05) is 58.9 Å². The van der Waals surface area contributed by atoms with Crippen LogP contribution in [0.25, 0.3) is 11.0 Å². The lowest BCUT2D eigenvalue weighted by Crippen LogP contribution is -2.25. The Hall–Kier alpha value is -2.37. The van der Waals surface area contributed by atoms with Gasteiger partial charge in [-0.25, -0.2) is 4.98 Å². The first-order chi connectivity index (χ1) is 14.1. The minimum Gasteiger partial charge on any atom is -0.491 e. The molecule has 0 saturated carbocycles. The summed E-state index contributed by atoms with van der Waals surface area (Å²) in [5, 5.41) is 20.1. The molecule has 0 aliphatic rings. The highest BCUT2D eigenvalue weighted by Gasteiger charge is 2.27. The van der Waals surface area contributed by atoms with Gasteiger partial charge in [-0.05, 0) is 47.1 Å². The van der Waals surface area contributed by atoms with Crippen LogP contribution in [0.15, 0.2) is 48.5 Å². The second-order valence-electron chi connectivity index (χ2n) is 9.90. The van der Waals surface area contributed by atoms with Crippen LogP contribution in [0.5, 0.6) is 5.75 Å². The molecule has 3 rings (SSSR count). The van der Waals surface area contributed by atoms with Crippen molar-refractivity contribution in [3.05, 3.63) is 59.9 Å². The van der Waals surface area contributed by atoms with E-state index in [9.17, 15) is 10.2 Å². The number of hydrogen-bond acceptors (Lipinski definition) is 4. The van der Waals surface area contributed by atoms with Crippen LogP contribution in [0.2, 0.25) is 0 Å². The lowest BCUT2D eigenvalue weighted by atomic mass is 9.72. The Kier molecular flexibility index (Phi) is 6.53. The normalized spacial score (nSPS) is 13.6. The maximum atomic E-state index is 10.5. The van der Waals surface area contributed by atoms with Crippen LogP contribution in [-0.2, 0) is 18.6 Å². The minimum absolute atomic E-state index is 0.0828. The number of aliphatic hydroxyl groups excluding tert-OH is 2. The van der Waals surface area contributed by atoms with Crippen molar-refractivity contribution in [2.45, 2.75) is 65.7 Å². The van der Waals surface area contributed by atoms with Gasteiger partial charge < -0.3 is 19.5 Å². The van der Waals surface area contributed by atoms with Crippen molar-refractivity contribution in [1.82, 2.24) is 9.55 Å². The monoisotopic (exact) mass is 410 g/mol. The van der Waals surface area contributed by atoms with Gasteiger partial charge >= 0.3 is 0 Å². The first-order valence-corrected chi connectivity index (χ1v) is 10.6. The smallest absolute Gasteiger partial charge is 0.135 e. The SMILES string of the molecule is CC(C)(C)CC(C)(C)c1ccc(OCC(O)Cn2c(CO)nc3ccccc32)cc1. The first-order valence-electron chi connectivity index (χ1n) is 10.6. The number of aliphatic hydroxyl groups is 2. The van der Waals surface area contributed by atoms with Gasteiger partial charge in [-0.15, -0.1) is 0 Å². The predicted octanol–water partition coefficient (Wildman–Crippen LogP) is 4.68.